The Balaban J connectivity index is 1.25. The lowest BCUT2D eigenvalue weighted by molar-refractivity contribution is -0.0468. The van der Waals surface area contributed by atoms with Crippen molar-refractivity contribution in [2.45, 2.75) is 25.0 Å². The smallest absolute Gasteiger partial charge is 0.165 e. The Bertz CT molecular complexity index is 1640. The molecule has 2 aromatic carbocycles. The number of nitrogens with two attached hydrogens (primary N) is 1. The summed E-state index contributed by atoms with van der Waals surface area (Å²) in [6.07, 6.45) is 2.99. The maximum absolute atomic E-state index is 6.32. The Morgan fingerprint density at radius 2 is 1.72 bits per heavy atom. The van der Waals surface area contributed by atoms with Crippen LogP contribution in [0.25, 0.3) is 39.5 Å². The Labute approximate surface area is 232 Å². The fourth-order valence-electron chi connectivity index (χ4n) is 5.82. The molecule has 7 nitrogen and oxygen atoms in total. The summed E-state index contributed by atoms with van der Waals surface area (Å²) in [6, 6.07) is 28.1. The lowest BCUT2D eigenvalue weighted by Gasteiger charge is -2.56. The zero-order chi connectivity index (χ0) is 26.3. The van der Waals surface area contributed by atoms with Crippen LogP contribution in [0.5, 0.6) is 0 Å². The van der Waals surface area contributed by atoms with Gasteiger partial charge in [-0.1, -0.05) is 61.0 Å². The summed E-state index contributed by atoms with van der Waals surface area (Å²) in [4.78, 5) is 17.0. The maximum atomic E-state index is 6.32. The minimum atomic E-state index is 0.446. The Kier molecular flexibility index (Phi) is 6.15. The van der Waals surface area contributed by atoms with E-state index in [1.54, 1.807) is 18.1 Å². The molecule has 0 aliphatic carbocycles. The molecule has 0 amide bonds. The molecule has 3 aliphatic rings. The van der Waals surface area contributed by atoms with E-state index >= 15 is 0 Å². The highest BCUT2D eigenvalue weighted by Crippen LogP contribution is 2.37. The van der Waals surface area contributed by atoms with Gasteiger partial charge in [0.05, 0.1) is 11.3 Å². The predicted octanol–water partition coefficient (Wildman–Crippen LogP) is 5.78. The van der Waals surface area contributed by atoms with Crippen LogP contribution in [0.3, 0.4) is 0 Å². The Morgan fingerprint density at radius 1 is 0.923 bits per heavy atom. The molecule has 0 saturated carbocycles. The molecular weight excluding hydrogens is 502 g/mol. The molecule has 39 heavy (non-hydrogen) atoms. The van der Waals surface area contributed by atoms with Gasteiger partial charge in [-0.15, -0.1) is 0 Å². The van der Waals surface area contributed by atoms with Gasteiger partial charge in [0.25, 0.3) is 0 Å². The van der Waals surface area contributed by atoms with E-state index in [2.05, 4.69) is 61.7 Å². The first-order valence-electron chi connectivity index (χ1n) is 13.2. The molecular formula is C31H29N7S. The van der Waals surface area contributed by atoms with Crippen molar-refractivity contribution in [2.75, 3.05) is 18.8 Å². The molecule has 2 bridgehead atoms. The molecule has 194 valence electrons. The van der Waals surface area contributed by atoms with Crippen LogP contribution in [0.15, 0.2) is 97.0 Å². The van der Waals surface area contributed by atoms with Crippen LogP contribution < -0.4 is 5.73 Å². The van der Waals surface area contributed by atoms with E-state index in [0.717, 1.165) is 59.1 Å². The van der Waals surface area contributed by atoms with Crippen molar-refractivity contribution in [3.63, 3.8) is 0 Å². The van der Waals surface area contributed by atoms with Gasteiger partial charge in [-0.05, 0) is 53.8 Å². The number of anilines is 1. The van der Waals surface area contributed by atoms with Gasteiger partial charge in [-0.3, -0.25) is 9.47 Å². The van der Waals surface area contributed by atoms with Crippen LogP contribution in [0.4, 0.5) is 5.82 Å². The first kappa shape index (κ1) is 24.1. The zero-order valence-electron chi connectivity index (χ0n) is 21.5. The first-order chi connectivity index (χ1) is 19.2. The molecule has 3 saturated heterocycles. The van der Waals surface area contributed by atoms with E-state index in [-0.39, 0.29) is 0 Å². The second-order valence-corrected chi connectivity index (χ2v) is 11.2. The summed E-state index contributed by atoms with van der Waals surface area (Å²) >= 11 is 1.74. The predicted molar refractivity (Wildman–Crippen MR) is 159 cm³/mol. The van der Waals surface area contributed by atoms with E-state index in [1.165, 1.54) is 12.0 Å². The standard InChI is InChI=1S/C31H29N7S/c1-2-39-36-19-24-17-25(20-36)37(24)18-21-10-12-23(13-11-21)38-30(26-9-6-16-33-29(26)32)35-28-15-14-27(34-31(28)38)22-7-4-3-5-8-22/h2-16,24-25H,1,17-20H2,(H2,32,33). The van der Waals surface area contributed by atoms with Gasteiger partial charge in [0.15, 0.2) is 11.5 Å². The first-order valence-corrected chi connectivity index (χ1v) is 14.0. The largest absolute Gasteiger partial charge is 0.383 e. The third-order valence-electron chi connectivity index (χ3n) is 7.75. The zero-order valence-corrected chi connectivity index (χ0v) is 22.3. The van der Waals surface area contributed by atoms with Crippen LogP contribution in [0, 0.1) is 0 Å². The molecule has 0 radical (unpaired) electrons. The summed E-state index contributed by atoms with van der Waals surface area (Å²) in [7, 11) is 0. The van der Waals surface area contributed by atoms with E-state index in [9.17, 15) is 0 Å². The Morgan fingerprint density at radius 3 is 2.46 bits per heavy atom. The van der Waals surface area contributed by atoms with Crippen LogP contribution in [-0.2, 0) is 6.54 Å². The molecule has 3 aliphatic heterocycles. The average molecular weight is 532 g/mol. The molecule has 8 rings (SSSR count). The minimum Gasteiger partial charge on any atom is -0.383 e. The lowest BCUT2D eigenvalue weighted by atomic mass is 9.88. The molecule has 2 N–H and O–H groups in total. The van der Waals surface area contributed by atoms with Gasteiger partial charge in [0.1, 0.15) is 11.3 Å². The number of imidazole rings is 1. The molecule has 3 fully saturated rings. The third-order valence-corrected chi connectivity index (χ3v) is 8.49. The van der Waals surface area contributed by atoms with Gasteiger partial charge in [0.2, 0.25) is 0 Å². The van der Waals surface area contributed by atoms with Crippen molar-refractivity contribution >= 4 is 28.9 Å². The summed E-state index contributed by atoms with van der Waals surface area (Å²) in [5, 5.41) is 1.93. The topological polar surface area (TPSA) is 76.1 Å². The molecule has 2 atom stereocenters. The van der Waals surface area contributed by atoms with Crippen LogP contribution in [0.1, 0.15) is 12.0 Å². The number of pyridine rings is 2. The maximum Gasteiger partial charge on any atom is 0.165 e. The number of benzene rings is 2. The number of hydrogen-bond acceptors (Lipinski definition) is 7. The van der Waals surface area contributed by atoms with Crippen molar-refractivity contribution in [3.8, 4) is 28.3 Å². The molecule has 6 heterocycles. The van der Waals surface area contributed by atoms with Crippen molar-refractivity contribution in [1.29, 1.82) is 0 Å². The monoisotopic (exact) mass is 531 g/mol. The molecule has 8 heteroatoms. The normalized spacial score (nSPS) is 19.2. The second kappa shape index (κ2) is 9.96. The van der Waals surface area contributed by atoms with E-state index in [4.69, 9.17) is 15.7 Å². The van der Waals surface area contributed by atoms with Gasteiger partial charge < -0.3 is 5.73 Å². The number of fused-ring (bicyclic) bond motifs is 3. The quantitative estimate of drug-likeness (QED) is 0.267. The fourth-order valence-corrected chi connectivity index (χ4v) is 6.55. The van der Waals surface area contributed by atoms with E-state index < -0.39 is 0 Å². The number of rotatable bonds is 7. The summed E-state index contributed by atoms with van der Waals surface area (Å²) in [6.45, 7) is 7.02. The number of nitrogen functional groups attached to an aromatic ring is 1. The molecule has 2 unspecified atom stereocenters. The minimum absolute atomic E-state index is 0.446. The summed E-state index contributed by atoms with van der Waals surface area (Å²) in [5.41, 5.74) is 13.0. The van der Waals surface area contributed by atoms with E-state index in [1.807, 2.05) is 47.9 Å². The number of hydrogen-bond donors (Lipinski definition) is 1. The highest BCUT2D eigenvalue weighted by atomic mass is 32.2. The van der Waals surface area contributed by atoms with Crippen LogP contribution in [-0.4, -0.2) is 53.9 Å². The second-order valence-electron chi connectivity index (χ2n) is 10.1. The lowest BCUT2D eigenvalue weighted by Crippen LogP contribution is -2.66. The average Bonchev–Trinajstić information content (AvgIpc) is 3.35. The van der Waals surface area contributed by atoms with Crippen molar-refractivity contribution in [2.24, 2.45) is 0 Å². The fraction of sp³-hybridized carbons (Fsp3) is 0.194. The number of nitrogens with zero attached hydrogens (tertiary/aromatic N) is 6. The summed E-state index contributed by atoms with van der Waals surface area (Å²) < 4.78 is 4.53. The van der Waals surface area contributed by atoms with Gasteiger partial charge in [-0.2, -0.15) is 0 Å². The SMILES string of the molecule is C=CSN1CC2CC(C1)N2Cc1ccc(-n2c(-c3cccnc3N)nc3ccc(-c4ccccc4)nc32)cc1. The van der Waals surface area contributed by atoms with E-state index in [0.29, 0.717) is 17.9 Å². The van der Waals surface area contributed by atoms with Crippen LogP contribution in [0.2, 0.25) is 0 Å². The van der Waals surface area contributed by atoms with Crippen molar-refractivity contribution < 1.29 is 0 Å². The van der Waals surface area contributed by atoms with Gasteiger partial charge in [-0.25, -0.2) is 19.3 Å². The van der Waals surface area contributed by atoms with Gasteiger partial charge >= 0.3 is 0 Å². The van der Waals surface area contributed by atoms with Crippen LogP contribution >= 0.6 is 11.9 Å². The highest BCUT2D eigenvalue weighted by molar-refractivity contribution is 7.99. The third kappa shape index (κ3) is 4.40. The Hall–Kier alpha value is -3.98. The number of piperidine rings is 1. The number of aromatic nitrogens is 4. The molecule has 3 aromatic heterocycles. The highest BCUT2D eigenvalue weighted by Gasteiger charge is 2.44. The van der Waals surface area contributed by atoms with Crippen molar-refractivity contribution in [1.82, 2.24) is 28.7 Å². The summed E-state index contributed by atoms with van der Waals surface area (Å²) in [5.74, 6) is 1.18. The van der Waals surface area contributed by atoms with Gasteiger partial charge in [0, 0.05) is 49.2 Å². The molecule has 5 aromatic rings. The number of piperazine rings is 1. The molecule has 0 spiro atoms. The van der Waals surface area contributed by atoms with Crippen molar-refractivity contribution in [3.05, 3.63) is 103 Å².